The molecule has 3 nitrogen and oxygen atoms in total. The first-order valence-corrected chi connectivity index (χ1v) is 8.33. The molecule has 0 amide bonds. The highest BCUT2D eigenvalue weighted by Gasteiger charge is 2.35. The molecular formula is C12H23NO2S. The summed E-state index contributed by atoms with van der Waals surface area (Å²) in [6.07, 6.45) is 6.67. The van der Waals surface area contributed by atoms with Gasteiger partial charge in [-0.2, -0.15) is 0 Å². The number of nitrogens with one attached hydrogen (secondary N) is 1. The van der Waals surface area contributed by atoms with Gasteiger partial charge in [-0.3, -0.25) is 0 Å². The van der Waals surface area contributed by atoms with Crippen molar-refractivity contribution in [1.29, 1.82) is 0 Å². The van der Waals surface area contributed by atoms with Crippen LogP contribution in [-0.2, 0) is 9.84 Å². The fourth-order valence-corrected chi connectivity index (χ4v) is 4.77. The second kappa shape index (κ2) is 4.65. The number of hydrogen-bond acceptors (Lipinski definition) is 3. The van der Waals surface area contributed by atoms with E-state index in [-0.39, 0.29) is 0 Å². The quantitative estimate of drug-likeness (QED) is 0.823. The van der Waals surface area contributed by atoms with Gasteiger partial charge in [0, 0.05) is 5.54 Å². The van der Waals surface area contributed by atoms with Crippen molar-refractivity contribution in [3.05, 3.63) is 0 Å². The van der Waals surface area contributed by atoms with Gasteiger partial charge in [0.25, 0.3) is 0 Å². The maximum atomic E-state index is 11.4. The molecule has 0 aromatic heterocycles. The molecule has 1 atom stereocenters. The minimum atomic E-state index is -2.70. The van der Waals surface area contributed by atoms with Crippen LogP contribution in [0, 0.1) is 5.92 Å². The molecule has 0 saturated carbocycles. The summed E-state index contributed by atoms with van der Waals surface area (Å²) in [4.78, 5) is 0. The Labute approximate surface area is 98.9 Å². The monoisotopic (exact) mass is 245 g/mol. The Bertz CT molecular complexity index is 317. The summed E-state index contributed by atoms with van der Waals surface area (Å²) >= 11 is 0. The average Bonchev–Trinajstić information content (AvgIpc) is 2.71. The lowest BCUT2D eigenvalue weighted by Gasteiger charge is -2.34. The number of sulfone groups is 1. The molecule has 2 saturated heterocycles. The van der Waals surface area contributed by atoms with Crippen molar-refractivity contribution in [2.24, 2.45) is 5.92 Å². The molecule has 0 aliphatic carbocycles. The van der Waals surface area contributed by atoms with Crippen molar-refractivity contribution >= 4 is 9.84 Å². The van der Waals surface area contributed by atoms with E-state index in [1.54, 1.807) is 0 Å². The van der Waals surface area contributed by atoms with E-state index in [4.69, 9.17) is 0 Å². The predicted octanol–water partition coefficient (Wildman–Crippen LogP) is 1.73. The fraction of sp³-hybridized carbons (Fsp3) is 1.00. The van der Waals surface area contributed by atoms with Crippen LogP contribution in [0.3, 0.4) is 0 Å². The Balaban J connectivity index is 1.90. The van der Waals surface area contributed by atoms with Gasteiger partial charge in [-0.25, -0.2) is 8.42 Å². The Morgan fingerprint density at radius 1 is 1.31 bits per heavy atom. The van der Waals surface area contributed by atoms with Crippen LogP contribution in [0.15, 0.2) is 0 Å². The van der Waals surface area contributed by atoms with Crippen LogP contribution in [0.4, 0.5) is 0 Å². The van der Waals surface area contributed by atoms with Crippen LogP contribution < -0.4 is 5.32 Å². The number of hydrogen-bond donors (Lipinski definition) is 1. The van der Waals surface area contributed by atoms with Gasteiger partial charge in [-0.05, 0) is 51.0 Å². The van der Waals surface area contributed by atoms with Crippen LogP contribution >= 0.6 is 0 Å². The molecule has 1 unspecified atom stereocenters. The van der Waals surface area contributed by atoms with Crippen LogP contribution in [0.5, 0.6) is 0 Å². The summed E-state index contributed by atoms with van der Waals surface area (Å²) in [7, 11) is -2.70. The normalized spacial score (nSPS) is 35.3. The lowest BCUT2D eigenvalue weighted by molar-refractivity contribution is 0.262. The van der Waals surface area contributed by atoms with Gasteiger partial charge in [0.05, 0.1) is 11.5 Å². The highest BCUT2D eigenvalue weighted by Crippen LogP contribution is 2.34. The standard InChI is InChI=1S/C12H23NO2S/c1-2-12(6-3-7-13-12)10-11-4-8-16(14,15)9-5-11/h11,13H,2-10H2,1H3. The molecule has 2 rings (SSSR count). The van der Waals surface area contributed by atoms with E-state index in [0.717, 1.165) is 19.4 Å². The lowest BCUT2D eigenvalue weighted by Crippen LogP contribution is -2.42. The first-order valence-electron chi connectivity index (χ1n) is 6.51. The van der Waals surface area contributed by atoms with Gasteiger partial charge >= 0.3 is 0 Å². The molecule has 0 bridgehead atoms. The smallest absolute Gasteiger partial charge is 0.150 e. The second-order valence-electron chi connectivity index (χ2n) is 5.46. The van der Waals surface area contributed by atoms with Crippen LogP contribution in [0.2, 0.25) is 0 Å². The zero-order valence-electron chi connectivity index (χ0n) is 10.2. The molecule has 2 fully saturated rings. The minimum Gasteiger partial charge on any atom is -0.311 e. The zero-order chi connectivity index (χ0) is 11.6. The van der Waals surface area contributed by atoms with E-state index >= 15 is 0 Å². The maximum Gasteiger partial charge on any atom is 0.150 e. The molecule has 4 heteroatoms. The van der Waals surface area contributed by atoms with E-state index in [2.05, 4.69) is 12.2 Å². The van der Waals surface area contributed by atoms with Gasteiger partial charge in [0.2, 0.25) is 0 Å². The third-order valence-corrected chi connectivity index (χ3v) is 6.08. The van der Waals surface area contributed by atoms with Gasteiger partial charge in [0.15, 0.2) is 0 Å². The summed E-state index contributed by atoms with van der Waals surface area (Å²) < 4.78 is 22.7. The van der Waals surface area contributed by atoms with E-state index in [1.807, 2.05) is 0 Å². The van der Waals surface area contributed by atoms with Gasteiger partial charge < -0.3 is 5.32 Å². The fourth-order valence-electron chi connectivity index (χ4n) is 3.18. The van der Waals surface area contributed by atoms with E-state index < -0.39 is 9.84 Å². The molecule has 0 radical (unpaired) electrons. The van der Waals surface area contributed by atoms with Crippen LogP contribution in [0.25, 0.3) is 0 Å². The Morgan fingerprint density at radius 2 is 2.00 bits per heavy atom. The topological polar surface area (TPSA) is 46.2 Å². The molecule has 0 aromatic carbocycles. The van der Waals surface area contributed by atoms with Gasteiger partial charge in [0.1, 0.15) is 9.84 Å². The summed E-state index contributed by atoms with van der Waals surface area (Å²) in [5, 5.41) is 3.64. The first kappa shape index (κ1) is 12.4. The van der Waals surface area contributed by atoms with Crippen molar-refractivity contribution in [3.8, 4) is 0 Å². The average molecular weight is 245 g/mol. The summed E-state index contributed by atoms with van der Waals surface area (Å²) in [6, 6.07) is 0. The highest BCUT2D eigenvalue weighted by atomic mass is 32.2. The van der Waals surface area contributed by atoms with E-state index in [9.17, 15) is 8.42 Å². The first-order chi connectivity index (χ1) is 7.55. The van der Waals surface area contributed by atoms with Gasteiger partial charge in [-0.1, -0.05) is 6.92 Å². The summed E-state index contributed by atoms with van der Waals surface area (Å²) in [5.74, 6) is 1.45. The molecule has 2 aliphatic heterocycles. The van der Waals surface area contributed by atoms with Crippen molar-refractivity contribution in [3.63, 3.8) is 0 Å². The summed E-state index contributed by atoms with van der Waals surface area (Å²) in [6.45, 7) is 3.39. The van der Waals surface area contributed by atoms with Crippen LogP contribution in [0.1, 0.15) is 45.4 Å². The predicted molar refractivity (Wildman–Crippen MR) is 66.3 cm³/mol. The van der Waals surface area contributed by atoms with E-state index in [0.29, 0.717) is 23.0 Å². The Hall–Kier alpha value is -0.0900. The van der Waals surface area contributed by atoms with Crippen molar-refractivity contribution in [1.82, 2.24) is 5.32 Å². The molecule has 16 heavy (non-hydrogen) atoms. The summed E-state index contributed by atoms with van der Waals surface area (Å²) in [5.41, 5.74) is 0.325. The molecule has 1 N–H and O–H groups in total. The van der Waals surface area contributed by atoms with Crippen molar-refractivity contribution in [2.45, 2.75) is 51.0 Å². The molecular weight excluding hydrogens is 222 g/mol. The zero-order valence-corrected chi connectivity index (χ0v) is 11.0. The maximum absolute atomic E-state index is 11.4. The second-order valence-corrected chi connectivity index (χ2v) is 7.77. The molecule has 94 valence electrons. The largest absolute Gasteiger partial charge is 0.311 e. The van der Waals surface area contributed by atoms with Gasteiger partial charge in [-0.15, -0.1) is 0 Å². The highest BCUT2D eigenvalue weighted by molar-refractivity contribution is 7.91. The van der Waals surface area contributed by atoms with Crippen LogP contribution in [-0.4, -0.2) is 32.0 Å². The molecule has 0 spiro atoms. The van der Waals surface area contributed by atoms with Crippen molar-refractivity contribution in [2.75, 3.05) is 18.1 Å². The third kappa shape index (κ3) is 2.77. The number of rotatable bonds is 3. The molecule has 2 heterocycles. The van der Waals surface area contributed by atoms with Crippen molar-refractivity contribution < 1.29 is 8.42 Å². The SMILES string of the molecule is CCC1(CC2CCS(=O)(=O)CC2)CCCN1. The molecule has 2 aliphatic rings. The minimum absolute atomic E-state index is 0.325. The Morgan fingerprint density at radius 3 is 2.50 bits per heavy atom. The molecule has 0 aromatic rings. The van der Waals surface area contributed by atoms with E-state index in [1.165, 1.54) is 25.7 Å². The third-order valence-electron chi connectivity index (χ3n) is 4.36. The Kier molecular flexibility index (Phi) is 3.59. The lowest BCUT2D eigenvalue weighted by atomic mass is 9.81.